The van der Waals surface area contributed by atoms with E-state index in [4.69, 9.17) is 16.3 Å². The van der Waals surface area contributed by atoms with Gasteiger partial charge in [-0.2, -0.15) is 0 Å². The molecule has 1 aromatic rings. The molecule has 1 unspecified atom stereocenters. The summed E-state index contributed by atoms with van der Waals surface area (Å²) in [5.41, 5.74) is 0.658. The third kappa shape index (κ3) is 3.42. The smallest absolute Gasteiger partial charge is 0.255 e. The summed E-state index contributed by atoms with van der Waals surface area (Å²) in [6, 6.07) is 5.46. The first-order valence-corrected chi connectivity index (χ1v) is 7.67. The van der Waals surface area contributed by atoms with Gasteiger partial charge in [-0.15, -0.1) is 11.6 Å². The van der Waals surface area contributed by atoms with E-state index in [2.05, 4.69) is 15.9 Å². The Balaban J connectivity index is 2.12. The molecule has 3 nitrogen and oxygen atoms in total. The van der Waals surface area contributed by atoms with Gasteiger partial charge in [0.05, 0.1) is 12.7 Å². The summed E-state index contributed by atoms with van der Waals surface area (Å²) in [4.78, 5) is 14.4. The minimum Gasteiger partial charge on any atom is -0.497 e. The molecule has 2 rings (SSSR count). The van der Waals surface area contributed by atoms with Gasteiger partial charge in [0, 0.05) is 23.4 Å². The van der Waals surface area contributed by atoms with Gasteiger partial charge in [-0.1, -0.05) is 0 Å². The van der Waals surface area contributed by atoms with Crippen LogP contribution in [-0.2, 0) is 0 Å². The standard InChI is InChI=1S/C14H17BrClNO2/c1-19-11-2-3-13(15)12(8-11)14(18)17-7-5-10(9-17)4-6-16/h2-3,8,10H,4-7,9H2,1H3. The number of benzene rings is 1. The van der Waals surface area contributed by atoms with Crippen molar-refractivity contribution in [3.05, 3.63) is 28.2 Å². The number of alkyl halides is 1. The van der Waals surface area contributed by atoms with Crippen LogP contribution in [0.15, 0.2) is 22.7 Å². The van der Waals surface area contributed by atoms with Crippen molar-refractivity contribution in [1.82, 2.24) is 4.90 Å². The van der Waals surface area contributed by atoms with Crippen LogP contribution in [0.1, 0.15) is 23.2 Å². The fraction of sp³-hybridized carbons (Fsp3) is 0.500. The summed E-state index contributed by atoms with van der Waals surface area (Å²) in [5, 5.41) is 0. The predicted octanol–water partition coefficient (Wildman–Crippen LogP) is 3.55. The predicted molar refractivity (Wildman–Crippen MR) is 80.0 cm³/mol. The average molecular weight is 347 g/mol. The summed E-state index contributed by atoms with van der Waals surface area (Å²) in [6.07, 6.45) is 2.02. The molecule has 1 heterocycles. The van der Waals surface area contributed by atoms with Gasteiger partial charge >= 0.3 is 0 Å². The van der Waals surface area contributed by atoms with E-state index < -0.39 is 0 Å². The second-order valence-corrected chi connectivity index (χ2v) is 5.96. The molecule has 19 heavy (non-hydrogen) atoms. The van der Waals surface area contributed by atoms with Gasteiger partial charge in [0.25, 0.3) is 5.91 Å². The van der Waals surface area contributed by atoms with E-state index in [1.54, 1.807) is 13.2 Å². The molecule has 0 saturated carbocycles. The van der Waals surface area contributed by atoms with E-state index in [0.717, 1.165) is 30.4 Å². The van der Waals surface area contributed by atoms with Crippen molar-refractivity contribution < 1.29 is 9.53 Å². The maximum absolute atomic E-state index is 12.5. The van der Waals surface area contributed by atoms with Crippen molar-refractivity contribution in [3.8, 4) is 5.75 Å². The average Bonchev–Trinajstić information content (AvgIpc) is 2.88. The zero-order valence-corrected chi connectivity index (χ0v) is 13.2. The van der Waals surface area contributed by atoms with Gasteiger partial charge in [-0.3, -0.25) is 4.79 Å². The fourth-order valence-corrected chi connectivity index (χ4v) is 3.10. The van der Waals surface area contributed by atoms with E-state index in [9.17, 15) is 4.79 Å². The third-order valence-corrected chi connectivity index (χ3v) is 4.40. The Morgan fingerprint density at radius 3 is 3.05 bits per heavy atom. The van der Waals surface area contributed by atoms with Crippen LogP contribution in [0.3, 0.4) is 0 Å². The summed E-state index contributed by atoms with van der Waals surface area (Å²) in [5.74, 6) is 1.95. The van der Waals surface area contributed by atoms with Crippen molar-refractivity contribution in [2.45, 2.75) is 12.8 Å². The SMILES string of the molecule is COc1ccc(Br)c(C(=O)N2CCC(CCCl)C2)c1. The Morgan fingerprint density at radius 1 is 1.58 bits per heavy atom. The summed E-state index contributed by atoms with van der Waals surface area (Å²) >= 11 is 9.19. The highest BCUT2D eigenvalue weighted by Gasteiger charge is 2.27. The largest absolute Gasteiger partial charge is 0.497 e. The molecular formula is C14H17BrClNO2. The van der Waals surface area contributed by atoms with Crippen molar-refractivity contribution in [1.29, 1.82) is 0 Å². The number of likely N-dealkylation sites (tertiary alicyclic amines) is 1. The van der Waals surface area contributed by atoms with Crippen molar-refractivity contribution in [2.75, 3.05) is 26.1 Å². The molecule has 0 N–H and O–H groups in total. The normalized spacial score (nSPS) is 18.7. The molecule has 1 aromatic carbocycles. The van der Waals surface area contributed by atoms with E-state index in [0.29, 0.717) is 23.1 Å². The van der Waals surface area contributed by atoms with Crippen molar-refractivity contribution >= 4 is 33.4 Å². The molecule has 1 amide bonds. The van der Waals surface area contributed by atoms with Crippen LogP contribution in [-0.4, -0.2) is 36.9 Å². The van der Waals surface area contributed by atoms with Crippen LogP contribution in [0.4, 0.5) is 0 Å². The summed E-state index contributed by atoms with van der Waals surface area (Å²) in [7, 11) is 1.60. The lowest BCUT2D eigenvalue weighted by atomic mass is 10.1. The molecule has 1 fully saturated rings. The number of carbonyl (C=O) groups is 1. The molecule has 0 radical (unpaired) electrons. The number of hydrogen-bond acceptors (Lipinski definition) is 2. The van der Waals surface area contributed by atoms with E-state index >= 15 is 0 Å². The molecule has 104 valence electrons. The first-order valence-electron chi connectivity index (χ1n) is 6.34. The molecule has 1 atom stereocenters. The van der Waals surface area contributed by atoms with Crippen LogP contribution < -0.4 is 4.74 Å². The molecule has 0 aromatic heterocycles. The van der Waals surface area contributed by atoms with Crippen molar-refractivity contribution in [2.24, 2.45) is 5.92 Å². The summed E-state index contributed by atoms with van der Waals surface area (Å²) < 4.78 is 5.98. The minimum atomic E-state index is 0.0582. The molecule has 0 spiro atoms. The molecule has 1 aliphatic heterocycles. The number of rotatable bonds is 4. The second kappa shape index (κ2) is 6.62. The zero-order valence-electron chi connectivity index (χ0n) is 10.9. The lowest BCUT2D eigenvalue weighted by Gasteiger charge is -2.17. The molecule has 1 aliphatic rings. The maximum Gasteiger partial charge on any atom is 0.255 e. The number of nitrogens with zero attached hydrogens (tertiary/aromatic N) is 1. The monoisotopic (exact) mass is 345 g/mol. The number of ether oxygens (including phenoxy) is 1. The third-order valence-electron chi connectivity index (χ3n) is 3.49. The quantitative estimate of drug-likeness (QED) is 0.780. The Hall–Kier alpha value is -0.740. The lowest BCUT2D eigenvalue weighted by molar-refractivity contribution is 0.0785. The van der Waals surface area contributed by atoms with Gasteiger partial charge in [-0.05, 0) is 52.9 Å². The number of hydrogen-bond donors (Lipinski definition) is 0. The molecule has 0 bridgehead atoms. The van der Waals surface area contributed by atoms with Gasteiger partial charge < -0.3 is 9.64 Å². The van der Waals surface area contributed by atoms with Crippen LogP contribution in [0.25, 0.3) is 0 Å². The highest BCUT2D eigenvalue weighted by atomic mass is 79.9. The van der Waals surface area contributed by atoms with E-state index in [1.165, 1.54) is 0 Å². The number of methoxy groups -OCH3 is 1. The topological polar surface area (TPSA) is 29.5 Å². The van der Waals surface area contributed by atoms with E-state index in [1.807, 2.05) is 17.0 Å². The summed E-state index contributed by atoms with van der Waals surface area (Å²) in [6.45, 7) is 1.61. The van der Waals surface area contributed by atoms with Gasteiger partial charge in [0.1, 0.15) is 5.75 Å². The highest BCUT2D eigenvalue weighted by Crippen LogP contribution is 2.27. The van der Waals surface area contributed by atoms with Crippen molar-refractivity contribution in [3.63, 3.8) is 0 Å². The first-order chi connectivity index (χ1) is 9.15. The first kappa shape index (κ1) is 14.7. The molecular weight excluding hydrogens is 330 g/mol. The van der Waals surface area contributed by atoms with Crippen LogP contribution >= 0.6 is 27.5 Å². The highest BCUT2D eigenvalue weighted by molar-refractivity contribution is 9.10. The van der Waals surface area contributed by atoms with E-state index in [-0.39, 0.29) is 5.91 Å². The Morgan fingerprint density at radius 2 is 2.37 bits per heavy atom. The van der Waals surface area contributed by atoms with Crippen LogP contribution in [0.5, 0.6) is 5.75 Å². The maximum atomic E-state index is 12.5. The van der Waals surface area contributed by atoms with Gasteiger partial charge in [-0.25, -0.2) is 0 Å². The number of halogens is 2. The Kier molecular flexibility index (Phi) is 5.11. The minimum absolute atomic E-state index is 0.0582. The van der Waals surface area contributed by atoms with Gasteiger partial charge in [0.2, 0.25) is 0 Å². The van der Waals surface area contributed by atoms with Crippen LogP contribution in [0.2, 0.25) is 0 Å². The zero-order chi connectivity index (χ0) is 13.8. The number of carbonyl (C=O) groups excluding carboxylic acids is 1. The number of amides is 1. The molecule has 5 heteroatoms. The van der Waals surface area contributed by atoms with Gasteiger partial charge in [0.15, 0.2) is 0 Å². The second-order valence-electron chi connectivity index (χ2n) is 4.73. The Labute approximate surface area is 127 Å². The molecule has 1 saturated heterocycles. The lowest BCUT2D eigenvalue weighted by Crippen LogP contribution is -2.29. The fourth-order valence-electron chi connectivity index (χ4n) is 2.37. The molecule has 0 aliphatic carbocycles. The Bertz CT molecular complexity index is 467. The van der Waals surface area contributed by atoms with Crippen LogP contribution in [0, 0.1) is 5.92 Å².